The summed E-state index contributed by atoms with van der Waals surface area (Å²) in [5.74, 6) is -0.978. The molecule has 19 heavy (non-hydrogen) atoms. The van der Waals surface area contributed by atoms with Gasteiger partial charge in [0.25, 0.3) is 0 Å². The number of carboxylic acids is 1. The Morgan fingerprint density at radius 1 is 1.32 bits per heavy atom. The number of nitrogens with zero attached hydrogens (tertiary/aromatic N) is 1. The monoisotopic (exact) mass is 271 g/mol. The number of carboxylic acid groups (broad SMARTS) is 1. The van der Waals surface area contributed by atoms with Crippen molar-refractivity contribution in [2.75, 3.05) is 26.2 Å². The Bertz CT molecular complexity index is 291. The van der Waals surface area contributed by atoms with Crippen LogP contribution in [0, 0.1) is 0 Å². The van der Waals surface area contributed by atoms with Crippen molar-refractivity contribution in [1.82, 2.24) is 15.5 Å². The number of nitrogens with one attached hydrogen (secondary N) is 2. The summed E-state index contributed by atoms with van der Waals surface area (Å²) in [7, 11) is 0. The summed E-state index contributed by atoms with van der Waals surface area (Å²) in [6, 6.07) is -1.18. The maximum atomic E-state index is 11.5. The largest absolute Gasteiger partial charge is 0.480 e. The first-order chi connectivity index (χ1) is 9.13. The number of carbonyl (C=O) groups excluding carboxylic acids is 1. The maximum absolute atomic E-state index is 11.5. The van der Waals surface area contributed by atoms with Crippen LogP contribution in [-0.2, 0) is 4.79 Å². The second-order valence-corrected chi connectivity index (χ2v) is 4.98. The van der Waals surface area contributed by atoms with E-state index in [2.05, 4.69) is 15.5 Å². The van der Waals surface area contributed by atoms with E-state index in [1.165, 1.54) is 12.8 Å². The third kappa shape index (κ3) is 6.42. The van der Waals surface area contributed by atoms with Crippen LogP contribution in [0.15, 0.2) is 0 Å². The minimum atomic E-state index is -0.978. The fourth-order valence-electron chi connectivity index (χ4n) is 2.27. The molecule has 1 fully saturated rings. The minimum Gasteiger partial charge on any atom is -0.480 e. The van der Waals surface area contributed by atoms with Crippen LogP contribution in [0.1, 0.15) is 39.0 Å². The van der Waals surface area contributed by atoms with Crippen molar-refractivity contribution >= 4 is 12.0 Å². The van der Waals surface area contributed by atoms with Gasteiger partial charge in [-0.05, 0) is 45.3 Å². The number of amides is 2. The van der Waals surface area contributed by atoms with Crippen LogP contribution in [0.4, 0.5) is 4.79 Å². The van der Waals surface area contributed by atoms with Gasteiger partial charge < -0.3 is 20.6 Å². The fourth-order valence-corrected chi connectivity index (χ4v) is 2.27. The molecule has 6 heteroatoms. The molecule has 2 amide bonds. The van der Waals surface area contributed by atoms with Gasteiger partial charge in [-0.1, -0.05) is 13.3 Å². The van der Waals surface area contributed by atoms with Gasteiger partial charge in [0.15, 0.2) is 0 Å². The number of hydrogen-bond donors (Lipinski definition) is 3. The van der Waals surface area contributed by atoms with E-state index in [1.807, 2.05) is 6.92 Å². The first-order valence-corrected chi connectivity index (χ1v) is 7.13. The molecule has 1 saturated heterocycles. The van der Waals surface area contributed by atoms with Gasteiger partial charge in [0, 0.05) is 6.54 Å². The zero-order valence-corrected chi connectivity index (χ0v) is 11.7. The normalized spacial score (nSPS) is 17.1. The first kappa shape index (κ1) is 15.8. The van der Waals surface area contributed by atoms with Gasteiger partial charge in [-0.2, -0.15) is 0 Å². The van der Waals surface area contributed by atoms with Crippen LogP contribution in [0.5, 0.6) is 0 Å². The summed E-state index contributed by atoms with van der Waals surface area (Å²) < 4.78 is 0. The van der Waals surface area contributed by atoms with Gasteiger partial charge in [0.05, 0.1) is 0 Å². The van der Waals surface area contributed by atoms with Crippen molar-refractivity contribution < 1.29 is 14.7 Å². The van der Waals surface area contributed by atoms with Crippen LogP contribution in [0.3, 0.4) is 0 Å². The van der Waals surface area contributed by atoms with Crippen LogP contribution in [-0.4, -0.2) is 54.2 Å². The fraction of sp³-hybridized carbons (Fsp3) is 0.846. The highest BCUT2D eigenvalue weighted by Crippen LogP contribution is 2.06. The number of carbonyl (C=O) groups is 2. The molecule has 110 valence electrons. The Kier molecular flexibility index (Phi) is 7.25. The Hall–Kier alpha value is -1.30. The molecule has 0 spiro atoms. The smallest absolute Gasteiger partial charge is 0.326 e. The second kappa shape index (κ2) is 8.74. The summed E-state index contributed by atoms with van der Waals surface area (Å²) >= 11 is 0. The van der Waals surface area contributed by atoms with Gasteiger partial charge in [-0.25, -0.2) is 9.59 Å². The Balaban J connectivity index is 2.10. The molecule has 1 rings (SSSR count). The van der Waals surface area contributed by atoms with E-state index >= 15 is 0 Å². The third-order valence-electron chi connectivity index (χ3n) is 3.32. The van der Waals surface area contributed by atoms with Crippen molar-refractivity contribution in [2.24, 2.45) is 0 Å². The minimum absolute atomic E-state index is 0.387. The molecule has 1 aliphatic rings. The molecule has 0 bridgehead atoms. The summed E-state index contributed by atoms with van der Waals surface area (Å²) in [5, 5.41) is 14.1. The standard InChI is InChI=1S/C13H25N3O3/c1-2-6-11(12(17)18)15-13(19)14-7-5-10-16-8-3-4-9-16/h11H,2-10H2,1H3,(H,17,18)(H2,14,15,19)/t11-/m1/s1. The summed E-state index contributed by atoms with van der Waals surface area (Å²) in [6.45, 7) is 5.79. The third-order valence-corrected chi connectivity index (χ3v) is 3.32. The molecule has 0 saturated carbocycles. The molecular formula is C13H25N3O3. The van der Waals surface area contributed by atoms with Crippen LogP contribution >= 0.6 is 0 Å². The highest BCUT2D eigenvalue weighted by atomic mass is 16.4. The average Bonchev–Trinajstić information content (AvgIpc) is 2.87. The summed E-state index contributed by atoms with van der Waals surface area (Å²) in [4.78, 5) is 24.8. The van der Waals surface area contributed by atoms with Gasteiger partial charge in [-0.3, -0.25) is 0 Å². The molecule has 3 N–H and O–H groups in total. The van der Waals surface area contributed by atoms with E-state index in [0.717, 1.165) is 32.5 Å². The van der Waals surface area contributed by atoms with E-state index < -0.39 is 12.0 Å². The van der Waals surface area contributed by atoms with Crippen molar-refractivity contribution in [3.8, 4) is 0 Å². The molecule has 6 nitrogen and oxygen atoms in total. The number of rotatable bonds is 8. The lowest BCUT2D eigenvalue weighted by Gasteiger charge is -2.16. The highest BCUT2D eigenvalue weighted by molar-refractivity contribution is 5.82. The predicted molar refractivity (Wildman–Crippen MR) is 73.2 cm³/mol. The van der Waals surface area contributed by atoms with Crippen molar-refractivity contribution in [3.63, 3.8) is 0 Å². The summed E-state index contributed by atoms with van der Waals surface area (Å²) in [6.07, 6.45) is 4.62. The Morgan fingerprint density at radius 2 is 2.00 bits per heavy atom. The number of aliphatic carboxylic acids is 1. The SMILES string of the molecule is CCC[C@@H](NC(=O)NCCCN1CCCC1)C(=O)O. The van der Waals surface area contributed by atoms with Gasteiger partial charge >= 0.3 is 12.0 Å². The van der Waals surface area contributed by atoms with Gasteiger partial charge in [-0.15, -0.1) is 0 Å². The zero-order chi connectivity index (χ0) is 14.1. The van der Waals surface area contributed by atoms with Crippen LogP contribution in [0.2, 0.25) is 0 Å². The van der Waals surface area contributed by atoms with E-state index in [1.54, 1.807) is 0 Å². The number of hydrogen-bond acceptors (Lipinski definition) is 3. The molecule has 0 aromatic carbocycles. The van der Waals surface area contributed by atoms with Crippen LogP contribution < -0.4 is 10.6 Å². The predicted octanol–water partition coefficient (Wildman–Crippen LogP) is 1.02. The van der Waals surface area contributed by atoms with E-state index in [0.29, 0.717) is 13.0 Å². The molecule has 0 aromatic heterocycles. The first-order valence-electron chi connectivity index (χ1n) is 7.13. The lowest BCUT2D eigenvalue weighted by Crippen LogP contribution is -2.46. The van der Waals surface area contributed by atoms with Crippen LogP contribution in [0.25, 0.3) is 0 Å². The lowest BCUT2D eigenvalue weighted by molar-refractivity contribution is -0.139. The number of likely N-dealkylation sites (tertiary alicyclic amines) is 1. The lowest BCUT2D eigenvalue weighted by atomic mass is 10.2. The molecular weight excluding hydrogens is 246 g/mol. The number of urea groups is 1. The van der Waals surface area contributed by atoms with Gasteiger partial charge in [0.1, 0.15) is 6.04 Å². The topological polar surface area (TPSA) is 81.7 Å². The molecule has 0 aromatic rings. The van der Waals surface area contributed by atoms with E-state index in [4.69, 9.17) is 5.11 Å². The quantitative estimate of drug-likeness (QED) is 0.576. The van der Waals surface area contributed by atoms with Crippen molar-refractivity contribution in [3.05, 3.63) is 0 Å². The molecule has 0 radical (unpaired) electrons. The molecule has 1 heterocycles. The molecule has 0 aliphatic carbocycles. The second-order valence-electron chi connectivity index (χ2n) is 4.98. The van der Waals surface area contributed by atoms with Crippen molar-refractivity contribution in [1.29, 1.82) is 0 Å². The Morgan fingerprint density at radius 3 is 2.58 bits per heavy atom. The highest BCUT2D eigenvalue weighted by Gasteiger charge is 2.18. The maximum Gasteiger partial charge on any atom is 0.326 e. The molecule has 1 aliphatic heterocycles. The van der Waals surface area contributed by atoms with Gasteiger partial charge in [0.2, 0.25) is 0 Å². The summed E-state index contributed by atoms with van der Waals surface area (Å²) in [5.41, 5.74) is 0. The molecule has 0 unspecified atom stereocenters. The molecule has 1 atom stereocenters. The average molecular weight is 271 g/mol. The zero-order valence-electron chi connectivity index (χ0n) is 11.7. The van der Waals surface area contributed by atoms with Crippen molar-refractivity contribution in [2.45, 2.75) is 45.1 Å². The van der Waals surface area contributed by atoms with E-state index in [-0.39, 0.29) is 6.03 Å². The Labute approximate surface area is 114 Å². The van der Waals surface area contributed by atoms with E-state index in [9.17, 15) is 9.59 Å².